The smallest absolute Gasteiger partial charge is 0.356 e. The number of hydrogen-bond donors (Lipinski definition) is 1. The lowest BCUT2D eigenvalue weighted by atomic mass is 10.0. The average Bonchev–Trinajstić information content (AvgIpc) is 3.49. The molecule has 1 N–H and O–H groups in total. The Morgan fingerprint density at radius 1 is 0.935 bits per heavy atom. The molecule has 2 heterocycles. The van der Waals surface area contributed by atoms with E-state index in [1.807, 2.05) is 30.3 Å². The number of rotatable bonds is 4. The maximum absolute atomic E-state index is 12.7. The van der Waals surface area contributed by atoms with E-state index >= 15 is 0 Å². The van der Waals surface area contributed by atoms with Crippen LogP contribution in [-0.4, -0.2) is 51.0 Å². The third-order valence-corrected chi connectivity index (χ3v) is 6.23. The average molecular weight is 417 g/mol. The summed E-state index contributed by atoms with van der Waals surface area (Å²) in [4.78, 5) is 25.4. The van der Waals surface area contributed by atoms with Crippen LogP contribution in [0.1, 0.15) is 23.3 Å². The van der Waals surface area contributed by atoms with Gasteiger partial charge in [0.25, 0.3) is 0 Å². The minimum atomic E-state index is -1.14. The summed E-state index contributed by atoms with van der Waals surface area (Å²) in [7, 11) is 0. The van der Waals surface area contributed by atoms with Crippen LogP contribution in [0, 0.1) is 11.8 Å². The molecule has 2 fully saturated rings. The van der Waals surface area contributed by atoms with Crippen molar-refractivity contribution in [3.63, 3.8) is 0 Å². The Balaban J connectivity index is 1.20. The summed E-state index contributed by atoms with van der Waals surface area (Å²) in [5.41, 5.74) is 2.17. The molecule has 1 amide bonds. The number of carboxylic acid groups (broad SMARTS) is 1. The molecule has 0 unspecified atom stereocenters. The molecule has 3 aromatic rings. The van der Waals surface area contributed by atoms with Crippen LogP contribution in [0.4, 0.5) is 4.79 Å². The van der Waals surface area contributed by atoms with Crippen LogP contribution in [0.15, 0.2) is 66.9 Å². The van der Waals surface area contributed by atoms with Crippen LogP contribution in [0.25, 0.3) is 11.1 Å². The number of fused-ring (bicyclic) bond motifs is 1. The van der Waals surface area contributed by atoms with Gasteiger partial charge in [0.2, 0.25) is 0 Å². The van der Waals surface area contributed by atoms with E-state index in [0.717, 1.165) is 34.4 Å². The molecule has 0 spiro atoms. The molecule has 2 aromatic carbocycles. The summed E-state index contributed by atoms with van der Waals surface area (Å²) in [6.45, 7) is 1.30. The van der Waals surface area contributed by atoms with Crippen molar-refractivity contribution in [3.8, 4) is 16.9 Å². The summed E-state index contributed by atoms with van der Waals surface area (Å²) in [5, 5.41) is 12.8. The SMILES string of the molecule is O=C(O)c1ccn(C(=O)N2C[C@H]3C[C@@H](Oc4cccc(-c5ccccc5)c4)C[C@H]3C2)n1. The molecule has 2 aliphatic rings. The lowest BCUT2D eigenvalue weighted by Crippen LogP contribution is -2.34. The zero-order valence-electron chi connectivity index (χ0n) is 16.9. The van der Waals surface area contributed by atoms with Gasteiger partial charge in [-0.3, -0.25) is 0 Å². The molecule has 31 heavy (non-hydrogen) atoms. The zero-order chi connectivity index (χ0) is 21.4. The molecule has 7 heteroatoms. The minimum Gasteiger partial charge on any atom is -0.490 e. The van der Waals surface area contributed by atoms with Gasteiger partial charge in [0, 0.05) is 19.3 Å². The summed E-state index contributed by atoms with van der Waals surface area (Å²) >= 11 is 0. The first-order chi connectivity index (χ1) is 15.1. The van der Waals surface area contributed by atoms with Gasteiger partial charge >= 0.3 is 12.0 Å². The third-order valence-electron chi connectivity index (χ3n) is 6.23. The molecule has 1 aromatic heterocycles. The molecular formula is C24H23N3O4. The number of carboxylic acids is 1. The molecule has 0 radical (unpaired) electrons. The van der Waals surface area contributed by atoms with Crippen molar-refractivity contribution in [2.24, 2.45) is 11.8 Å². The standard InChI is InChI=1S/C24H23N3O4/c28-23(29)22-9-10-27(25-22)24(30)26-14-18-12-21(13-19(18)15-26)31-20-8-4-7-17(11-20)16-5-2-1-3-6-16/h1-11,18-19,21H,12-15H2,(H,28,29)/t18-,19+,21-. The monoisotopic (exact) mass is 417 g/mol. The van der Waals surface area contributed by atoms with E-state index in [2.05, 4.69) is 29.4 Å². The zero-order valence-corrected chi connectivity index (χ0v) is 16.9. The highest BCUT2D eigenvalue weighted by Crippen LogP contribution is 2.40. The fourth-order valence-electron chi connectivity index (χ4n) is 4.76. The normalized spacial score (nSPS) is 22.3. The van der Waals surface area contributed by atoms with E-state index in [1.165, 1.54) is 12.3 Å². The first kappa shape index (κ1) is 19.4. The number of nitrogens with zero attached hydrogens (tertiary/aromatic N) is 3. The molecular weight excluding hydrogens is 394 g/mol. The van der Waals surface area contributed by atoms with Crippen molar-refractivity contribution >= 4 is 12.0 Å². The van der Waals surface area contributed by atoms with Gasteiger partial charge in [-0.05, 0) is 54.0 Å². The minimum absolute atomic E-state index is 0.126. The molecule has 5 rings (SSSR count). The van der Waals surface area contributed by atoms with Crippen LogP contribution >= 0.6 is 0 Å². The van der Waals surface area contributed by atoms with Crippen molar-refractivity contribution in [2.45, 2.75) is 18.9 Å². The van der Waals surface area contributed by atoms with Crippen LogP contribution in [0.5, 0.6) is 5.75 Å². The van der Waals surface area contributed by atoms with Gasteiger partial charge in [0.1, 0.15) is 5.75 Å². The summed E-state index contributed by atoms with van der Waals surface area (Å²) in [6, 6.07) is 19.5. The first-order valence-electron chi connectivity index (χ1n) is 10.5. The van der Waals surface area contributed by atoms with Gasteiger partial charge < -0.3 is 14.7 Å². The van der Waals surface area contributed by atoms with Crippen LogP contribution in [0.2, 0.25) is 0 Å². The fraction of sp³-hybridized carbons (Fsp3) is 0.292. The predicted molar refractivity (Wildman–Crippen MR) is 114 cm³/mol. The number of aromatic carboxylic acids is 1. The Morgan fingerprint density at radius 2 is 1.65 bits per heavy atom. The lowest BCUT2D eigenvalue weighted by molar-refractivity contribution is 0.0690. The van der Waals surface area contributed by atoms with Gasteiger partial charge in [0.15, 0.2) is 5.69 Å². The second kappa shape index (κ2) is 7.91. The molecule has 1 saturated carbocycles. The van der Waals surface area contributed by atoms with Crippen molar-refractivity contribution in [2.75, 3.05) is 13.1 Å². The van der Waals surface area contributed by atoms with Gasteiger partial charge in [-0.2, -0.15) is 9.78 Å². The first-order valence-corrected chi connectivity index (χ1v) is 10.5. The number of carbonyl (C=O) groups excluding carboxylic acids is 1. The molecule has 3 atom stereocenters. The highest BCUT2D eigenvalue weighted by molar-refractivity contribution is 5.86. The van der Waals surface area contributed by atoms with Crippen LogP contribution in [0.3, 0.4) is 0 Å². The highest BCUT2D eigenvalue weighted by Gasteiger charge is 2.43. The molecule has 1 saturated heterocycles. The number of carbonyl (C=O) groups is 2. The summed E-state index contributed by atoms with van der Waals surface area (Å²) in [5.74, 6) is 0.514. The molecule has 158 valence electrons. The Kier molecular flexibility index (Phi) is 4.94. The molecule has 0 bridgehead atoms. The Labute approximate surface area is 179 Å². The highest BCUT2D eigenvalue weighted by atomic mass is 16.5. The second-order valence-electron chi connectivity index (χ2n) is 8.26. The number of ether oxygens (including phenoxy) is 1. The molecule has 1 aliphatic carbocycles. The van der Waals surface area contributed by atoms with Crippen molar-refractivity contribution in [1.29, 1.82) is 0 Å². The quantitative estimate of drug-likeness (QED) is 0.693. The maximum Gasteiger partial charge on any atom is 0.356 e. The van der Waals surface area contributed by atoms with E-state index in [-0.39, 0.29) is 17.8 Å². The largest absolute Gasteiger partial charge is 0.490 e. The predicted octanol–water partition coefficient (Wildman–Crippen LogP) is 4.01. The summed E-state index contributed by atoms with van der Waals surface area (Å²) in [6.07, 6.45) is 3.36. The van der Waals surface area contributed by atoms with Crippen molar-refractivity contribution < 1.29 is 19.4 Å². The number of hydrogen-bond acceptors (Lipinski definition) is 4. The maximum atomic E-state index is 12.7. The summed E-state index contributed by atoms with van der Waals surface area (Å²) < 4.78 is 7.42. The van der Waals surface area contributed by atoms with Crippen molar-refractivity contribution in [1.82, 2.24) is 14.7 Å². The van der Waals surface area contributed by atoms with Crippen LogP contribution < -0.4 is 4.74 Å². The third kappa shape index (κ3) is 3.91. The van der Waals surface area contributed by atoms with Crippen molar-refractivity contribution in [3.05, 3.63) is 72.6 Å². The van der Waals surface area contributed by atoms with Gasteiger partial charge in [-0.25, -0.2) is 9.59 Å². The van der Waals surface area contributed by atoms with Gasteiger partial charge in [-0.1, -0.05) is 42.5 Å². The van der Waals surface area contributed by atoms with E-state index in [4.69, 9.17) is 9.84 Å². The van der Waals surface area contributed by atoms with E-state index in [1.54, 1.807) is 4.90 Å². The number of amides is 1. The Hall–Kier alpha value is -3.61. The fourth-order valence-corrected chi connectivity index (χ4v) is 4.76. The topological polar surface area (TPSA) is 84.7 Å². The lowest BCUT2D eigenvalue weighted by Gasteiger charge is -2.20. The van der Waals surface area contributed by atoms with E-state index in [9.17, 15) is 9.59 Å². The van der Waals surface area contributed by atoms with Gasteiger partial charge in [-0.15, -0.1) is 0 Å². The molecule has 7 nitrogen and oxygen atoms in total. The van der Waals surface area contributed by atoms with Gasteiger partial charge in [0.05, 0.1) is 6.10 Å². The second-order valence-corrected chi connectivity index (χ2v) is 8.26. The van der Waals surface area contributed by atoms with E-state index < -0.39 is 5.97 Å². The Bertz CT molecular complexity index is 1100. The number of likely N-dealkylation sites (tertiary alicyclic amines) is 1. The van der Waals surface area contributed by atoms with Crippen LogP contribution in [-0.2, 0) is 0 Å². The molecule has 1 aliphatic heterocycles. The number of aromatic nitrogens is 2. The van der Waals surface area contributed by atoms with E-state index in [0.29, 0.717) is 24.9 Å². The number of benzene rings is 2. The Morgan fingerprint density at radius 3 is 2.32 bits per heavy atom.